The maximum absolute atomic E-state index is 12.7. The third-order valence-electron chi connectivity index (χ3n) is 5.02. The Morgan fingerprint density at radius 1 is 0.906 bits per heavy atom. The summed E-state index contributed by atoms with van der Waals surface area (Å²) in [6, 6.07) is 13.1. The number of carbonyl (C=O) groups excluding carboxylic acids is 1. The van der Waals surface area contributed by atoms with Gasteiger partial charge in [0.1, 0.15) is 0 Å². The lowest BCUT2D eigenvalue weighted by Crippen LogP contribution is -2.49. The molecule has 0 unspecified atom stereocenters. The largest absolute Gasteiger partial charge is 0.501 e. The lowest BCUT2D eigenvalue weighted by atomic mass is 10.2. The van der Waals surface area contributed by atoms with E-state index in [-0.39, 0.29) is 5.56 Å². The average Bonchev–Trinajstić information content (AvgIpc) is 3.29. The molecule has 2 heterocycles. The van der Waals surface area contributed by atoms with Crippen molar-refractivity contribution in [3.63, 3.8) is 0 Å². The van der Waals surface area contributed by atoms with E-state index in [0.29, 0.717) is 32.1 Å². The summed E-state index contributed by atoms with van der Waals surface area (Å²) in [6.45, 7) is 1.56. The number of aromatic nitrogens is 4. The quantitative estimate of drug-likeness (QED) is 0.579. The lowest BCUT2D eigenvalue weighted by molar-refractivity contribution is -0.0436. The minimum absolute atomic E-state index is 0.105. The zero-order valence-corrected chi connectivity index (χ0v) is 17.3. The molecule has 13 heteroatoms. The zero-order valence-electron chi connectivity index (χ0n) is 16.5. The number of rotatable bonds is 4. The number of hydrogen-bond acceptors (Lipinski definition) is 7. The molecule has 1 aliphatic heterocycles. The molecule has 1 aromatic heterocycles. The standard InChI is InChI=1S/C19H17F3N6O3S/c20-19(21,22)32(30,31)16-8-6-14(7-9-16)17(29)26-10-12-27(13-11-26)18-23-24-25-28(18)15-4-2-1-3-5-15/h1-9H,10-13H2. The van der Waals surface area contributed by atoms with Gasteiger partial charge in [0.25, 0.3) is 15.7 Å². The van der Waals surface area contributed by atoms with Crippen LogP contribution < -0.4 is 4.90 Å². The van der Waals surface area contributed by atoms with Gasteiger partial charge in [0.15, 0.2) is 0 Å². The second-order valence-electron chi connectivity index (χ2n) is 6.98. The molecule has 0 spiro atoms. The van der Waals surface area contributed by atoms with E-state index in [2.05, 4.69) is 15.5 Å². The molecule has 32 heavy (non-hydrogen) atoms. The fraction of sp³-hybridized carbons (Fsp3) is 0.263. The van der Waals surface area contributed by atoms with Gasteiger partial charge in [-0.3, -0.25) is 4.79 Å². The fourth-order valence-corrected chi connectivity index (χ4v) is 4.08. The SMILES string of the molecule is O=C(c1ccc(S(=O)(=O)C(F)(F)F)cc1)N1CCN(c2nnnn2-c2ccccc2)CC1. The molecule has 1 saturated heterocycles. The molecule has 0 atom stereocenters. The number of halogens is 3. The molecule has 0 aliphatic carbocycles. The number of para-hydroxylation sites is 1. The Kier molecular flexibility index (Phi) is 5.59. The Morgan fingerprint density at radius 2 is 1.53 bits per heavy atom. The number of alkyl halides is 3. The van der Waals surface area contributed by atoms with Crippen LogP contribution in [0.2, 0.25) is 0 Å². The van der Waals surface area contributed by atoms with Gasteiger partial charge in [-0.15, -0.1) is 0 Å². The third kappa shape index (κ3) is 4.02. The molecule has 3 aromatic rings. The molecule has 2 aromatic carbocycles. The number of nitrogens with zero attached hydrogens (tertiary/aromatic N) is 6. The highest BCUT2D eigenvalue weighted by atomic mass is 32.2. The van der Waals surface area contributed by atoms with Crippen molar-refractivity contribution in [3.05, 3.63) is 60.2 Å². The highest BCUT2D eigenvalue weighted by Gasteiger charge is 2.46. The normalized spacial score (nSPS) is 15.1. The van der Waals surface area contributed by atoms with E-state index in [0.717, 1.165) is 30.0 Å². The maximum Gasteiger partial charge on any atom is 0.501 e. The first-order chi connectivity index (χ1) is 15.2. The molecule has 4 rings (SSSR count). The summed E-state index contributed by atoms with van der Waals surface area (Å²) in [5.41, 5.74) is -4.50. The molecule has 0 saturated carbocycles. The van der Waals surface area contributed by atoms with Crippen molar-refractivity contribution in [1.82, 2.24) is 25.1 Å². The predicted octanol–water partition coefficient (Wildman–Crippen LogP) is 1.92. The van der Waals surface area contributed by atoms with E-state index in [4.69, 9.17) is 0 Å². The Labute approximate surface area is 181 Å². The van der Waals surface area contributed by atoms with Crippen LogP contribution in [-0.2, 0) is 9.84 Å². The first kappa shape index (κ1) is 21.7. The molecule has 0 N–H and O–H groups in total. The van der Waals surface area contributed by atoms with Crippen molar-refractivity contribution >= 4 is 21.7 Å². The number of sulfone groups is 1. The van der Waals surface area contributed by atoms with Gasteiger partial charge >= 0.3 is 5.51 Å². The van der Waals surface area contributed by atoms with E-state index >= 15 is 0 Å². The average molecular weight is 466 g/mol. The topological polar surface area (TPSA) is 101 Å². The molecule has 9 nitrogen and oxygen atoms in total. The number of amides is 1. The van der Waals surface area contributed by atoms with Gasteiger partial charge in [-0.25, -0.2) is 8.42 Å². The van der Waals surface area contributed by atoms with E-state index < -0.39 is 26.1 Å². The van der Waals surface area contributed by atoms with Gasteiger partial charge in [-0.2, -0.15) is 17.9 Å². The molecule has 1 fully saturated rings. The fourth-order valence-electron chi connectivity index (χ4n) is 3.32. The number of tetrazole rings is 1. The van der Waals surface area contributed by atoms with Crippen LogP contribution in [0.4, 0.5) is 19.1 Å². The first-order valence-corrected chi connectivity index (χ1v) is 11.0. The van der Waals surface area contributed by atoms with Crippen LogP contribution in [0, 0.1) is 0 Å². The van der Waals surface area contributed by atoms with Gasteiger partial charge in [-0.05, 0) is 46.8 Å². The van der Waals surface area contributed by atoms with E-state index in [1.165, 1.54) is 0 Å². The first-order valence-electron chi connectivity index (χ1n) is 9.48. The van der Waals surface area contributed by atoms with Crippen molar-refractivity contribution < 1.29 is 26.4 Å². The van der Waals surface area contributed by atoms with Crippen molar-refractivity contribution in [2.24, 2.45) is 0 Å². The number of piperazine rings is 1. The van der Waals surface area contributed by atoms with E-state index in [1.54, 1.807) is 9.58 Å². The Morgan fingerprint density at radius 3 is 2.12 bits per heavy atom. The highest BCUT2D eigenvalue weighted by molar-refractivity contribution is 7.92. The minimum Gasteiger partial charge on any atom is -0.336 e. The summed E-state index contributed by atoms with van der Waals surface area (Å²) >= 11 is 0. The van der Waals surface area contributed by atoms with Gasteiger partial charge in [0.2, 0.25) is 5.95 Å². The summed E-state index contributed by atoms with van der Waals surface area (Å²) in [5, 5.41) is 11.8. The highest BCUT2D eigenvalue weighted by Crippen LogP contribution is 2.30. The van der Waals surface area contributed by atoms with Crippen LogP contribution in [-0.4, -0.2) is 71.1 Å². The van der Waals surface area contributed by atoms with Crippen molar-refractivity contribution in [2.45, 2.75) is 10.4 Å². The predicted molar refractivity (Wildman–Crippen MR) is 107 cm³/mol. The Balaban J connectivity index is 1.43. The summed E-state index contributed by atoms with van der Waals surface area (Å²) in [7, 11) is -5.46. The van der Waals surface area contributed by atoms with Crippen molar-refractivity contribution in [2.75, 3.05) is 31.1 Å². The van der Waals surface area contributed by atoms with Gasteiger partial charge in [0, 0.05) is 31.7 Å². The Bertz CT molecular complexity index is 1210. The van der Waals surface area contributed by atoms with Crippen LogP contribution in [0.1, 0.15) is 10.4 Å². The molecule has 1 aliphatic rings. The minimum atomic E-state index is -5.46. The molecule has 168 valence electrons. The second kappa shape index (κ2) is 8.22. The summed E-state index contributed by atoms with van der Waals surface area (Å²) in [5.74, 6) is 0.133. The molecule has 0 bridgehead atoms. The number of hydrogen-bond donors (Lipinski definition) is 0. The zero-order chi connectivity index (χ0) is 22.9. The number of anilines is 1. The number of benzene rings is 2. The van der Waals surface area contributed by atoms with Crippen LogP contribution in [0.15, 0.2) is 59.5 Å². The van der Waals surface area contributed by atoms with Crippen LogP contribution in [0.25, 0.3) is 5.69 Å². The van der Waals surface area contributed by atoms with Gasteiger partial charge in [-0.1, -0.05) is 23.3 Å². The number of carbonyl (C=O) groups is 1. The molecular weight excluding hydrogens is 449 g/mol. The molecular formula is C19H17F3N6O3S. The Hall–Kier alpha value is -3.48. The second-order valence-corrected chi connectivity index (χ2v) is 8.92. The van der Waals surface area contributed by atoms with E-state index in [1.807, 2.05) is 35.2 Å². The molecule has 1 amide bonds. The van der Waals surface area contributed by atoms with Gasteiger partial charge in [0.05, 0.1) is 10.6 Å². The maximum atomic E-state index is 12.7. The van der Waals surface area contributed by atoms with Crippen LogP contribution in [0.3, 0.4) is 0 Å². The third-order valence-corrected chi connectivity index (χ3v) is 6.52. The summed E-state index contributed by atoms with van der Waals surface area (Å²) in [6.07, 6.45) is 0. The monoisotopic (exact) mass is 466 g/mol. The summed E-state index contributed by atoms with van der Waals surface area (Å²) in [4.78, 5) is 15.3. The smallest absolute Gasteiger partial charge is 0.336 e. The van der Waals surface area contributed by atoms with Crippen LogP contribution >= 0.6 is 0 Å². The van der Waals surface area contributed by atoms with Crippen molar-refractivity contribution in [3.8, 4) is 5.69 Å². The van der Waals surface area contributed by atoms with Crippen LogP contribution in [0.5, 0.6) is 0 Å². The lowest BCUT2D eigenvalue weighted by Gasteiger charge is -2.34. The van der Waals surface area contributed by atoms with E-state index in [9.17, 15) is 26.4 Å². The molecule has 0 radical (unpaired) electrons. The van der Waals surface area contributed by atoms with Crippen molar-refractivity contribution in [1.29, 1.82) is 0 Å². The summed E-state index contributed by atoms with van der Waals surface area (Å²) < 4.78 is 62.6. The van der Waals surface area contributed by atoms with Gasteiger partial charge < -0.3 is 9.80 Å².